The molecule has 103 heavy (non-hydrogen) atoms. The topological polar surface area (TPSA) is 177 Å². The van der Waals surface area contributed by atoms with Crippen LogP contribution < -0.4 is 23.7 Å². The Morgan fingerprint density at radius 2 is 0.515 bits per heavy atom. The number of hydrogen-bond donors (Lipinski definition) is 0. The first-order chi connectivity index (χ1) is 50.5. The van der Waals surface area contributed by atoms with E-state index in [4.69, 9.17) is 42.6 Å². The number of pyridine rings is 2. The van der Waals surface area contributed by atoms with Gasteiger partial charge >= 0.3 is 23.9 Å². The molecule has 0 N–H and O–H groups in total. The van der Waals surface area contributed by atoms with E-state index in [0.29, 0.717) is 83.1 Å². The van der Waals surface area contributed by atoms with Crippen LogP contribution in [0.4, 0.5) is 0 Å². The fraction of sp³-hybridized carbons (Fsp3) is 0.636. The Morgan fingerprint density at radius 1 is 0.262 bits per heavy atom. The first-order valence-electron chi connectivity index (χ1n) is 40.6. The van der Waals surface area contributed by atoms with Crippen molar-refractivity contribution in [2.75, 3.05) is 26.4 Å². The Morgan fingerprint density at radius 3 is 0.806 bits per heavy atom. The number of carbonyl (C=O) groups excluding carboxylic acids is 4. The number of aryl methyl sites for hydroxylation is 1. The summed E-state index contributed by atoms with van der Waals surface area (Å²) in [4.78, 5) is 62.4. The van der Waals surface area contributed by atoms with Gasteiger partial charge in [-0.1, -0.05) is 259 Å². The molecule has 0 saturated carbocycles. The Hall–Kier alpha value is -7.16. The number of benzene rings is 3. The average molecular weight is 1430 g/mol. The van der Waals surface area contributed by atoms with E-state index in [1.807, 2.05) is 67.6 Å². The van der Waals surface area contributed by atoms with Gasteiger partial charge in [-0.2, -0.15) is 0 Å². The van der Waals surface area contributed by atoms with E-state index in [2.05, 4.69) is 37.7 Å². The SMILES string of the molecule is CCCCCCCCCCCCOc1cc(COC(=O)CC(=O)OCc2cc(COC(=O)CC(=O)OCc3cc(OCCCCCCCCCCCC)cc(OCCCCCCCCCCCC)c3)cc(OCc3ccnc(-c4cc(C)ccn4)c3)c2)cc(OCCCCCCCCCCCC)c1. The molecule has 0 aliphatic rings. The molecule has 5 rings (SSSR count). The summed E-state index contributed by atoms with van der Waals surface area (Å²) in [6.07, 6.45) is 51.5. The quantitative estimate of drug-likeness (QED) is 0.0155. The largest absolute Gasteiger partial charge is 0.493 e. The number of nitrogens with zero attached hydrogens (tertiary/aromatic N) is 2. The summed E-state index contributed by atoms with van der Waals surface area (Å²) in [6.45, 7) is 12.8. The van der Waals surface area contributed by atoms with Gasteiger partial charge in [-0.15, -0.1) is 0 Å². The monoisotopic (exact) mass is 1420 g/mol. The zero-order valence-corrected chi connectivity index (χ0v) is 64.4. The number of esters is 4. The second-order valence-electron chi connectivity index (χ2n) is 28.3. The molecule has 15 nitrogen and oxygen atoms in total. The van der Waals surface area contributed by atoms with E-state index in [-0.39, 0.29) is 33.0 Å². The number of hydrogen-bond acceptors (Lipinski definition) is 15. The van der Waals surface area contributed by atoms with Crippen LogP contribution in [-0.2, 0) is 71.2 Å². The molecule has 572 valence electrons. The number of rotatable bonds is 64. The molecular weight excluding hydrogens is 1290 g/mol. The molecule has 0 amide bonds. The molecule has 0 bridgehead atoms. The normalized spacial score (nSPS) is 11.2. The maximum absolute atomic E-state index is 13.4. The van der Waals surface area contributed by atoms with Crippen LogP contribution in [0, 0.1) is 6.92 Å². The van der Waals surface area contributed by atoms with Crippen LogP contribution in [0.2, 0.25) is 0 Å². The Balaban J connectivity index is 1.17. The molecule has 3 aromatic carbocycles. The molecule has 0 spiro atoms. The van der Waals surface area contributed by atoms with Gasteiger partial charge < -0.3 is 42.6 Å². The van der Waals surface area contributed by atoms with Crippen molar-refractivity contribution in [2.45, 2.75) is 337 Å². The molecular formula is C88H132N2O13. The van der Waals surface area contributed by atoms with E-state index < -0.39 is 36.7 Å². The van der Waals surface area contributed by atoms with Crippen LogP contribution in [0.3, 0.4) is 0 Å². The predicted molar refractivity (Wildman–Crippen MR) is 414 cm³/mol. The Labute approximate surface area is 621 Å². The van der Waals surface area contributed by atoms with Crippen molar-refractivity contribution in [3.8, 4) is 40.1 Å². The molecule has 0 atom stereocenters. The lowest BCUT2D eigenvalue weighted by atomic mass is 10.1. The second-order valence-corrected chi connectivity index (χ2v) is 28.3. The first kappa shape index (κ1) is 86.5. The van der Waals surface area contributed by atoms with Crippen molar-refractivity contribution in [2.24, 2.45) is 0 Å². The third-order valence-electron chi connectivity index (χ3n) is 18.6. The lowest BCUT2D eigenvalue weighted by molar-refractivity contribution is -0.157. The number of unbranched alkanes of at least 4 members (excludes halogenated alkanes) is 36. The maximum Gasteiger partial charge on any atom is 0.317 e. The van der Waals surface area contributed by atoms with E-state index in [1.54, 1.807) is 30.6 Å². The van der Waals surface area contributed by atoms with Crippen LogP contribution in [0.5, 0.6) is 28.7 Å². The summed E-state index contributed by atoms with van der Waals surface area (Å²) in [5.41, 5.74) is 5.68. The number of aromatic nitrogens is 2. The van der Waals surface area contributed by atoms with Crippen molar-refractivity contribution in [3.05, 3.63) is 125 Å². The number of ether oxygens (including phenoxy) is 9. The Bertz CT molecular complexity index is 2820. The highest BCUT2D eigenvalue weighted by Crippen LogP contribution is 2.29. The molecule has 0 fully saturated rings. The van der Waals surface area contributed by atoms with Gasteiger partial charge in [-0.25, -0.2) is 0 Å². The maximum atomic E-state index is 13.4. The second kappa shape index (κ2) is 57.2. The summed E-state index contributed by atoms with van der Waals surface area (Å²) >= 11 is 0. The molecule has 0 radical (unpaired) electrons. The summed E-state index contributed by atoms with van der Waals surface area (Å²) in [5, 5.41) is 0. The van der Waals surface area contributed by atoms with Crippen LogP contribution in [0.15, 0.2) is 91.3 Å². The van der Waals surface area contributed by atoms with E-state index in [0.717, 1.165) is 68.2 Å². The number of carbonyl (C=O) groups is 4. The highest BCUT2D eigenvalue weighted by Gasteiger charge is 2.18. The van der Waals surface area contributed by atoms with Crippen molar-refractivity contribution in [1.29, 1.82) is 0 Å². The highest BCUT2D eigenvalue weighted by molar-refractivity contribution is 5.91. The zero-order chi connectivity index (χ0) is 73.3. The van der Waals surface area contributed by atoms with Crippen molar-refractivity contribution in [1.82, 2.24) is 9.97 Å². The van der Waals surface area contributed by atoms with Gasteiger partial charge in [0.05, 0.1) is 37.8 Å². The molecule has 2 heterocycles. The van der Waals surface area contributed by atoms with Gasteiger partial charge in [-0.05, 0) is 133 Å². The molecule has 0 saturated heterocycles. The summed E-state index contributed by atoms with van der Waals surface area (Å²) in [6, 6.07) is 24.0. The molecule has 15 heteroatoms. The smallest absolute Gasteiger partial charge is 0.317 e. The molecule has 0 aliphatic carbocycles. The van der Waals surface area contributed by atoms with Crippen LogP contribution in [-0.4, -0.2) is 60.3 Å². The lowest BCUT2D eigenvalue weighted by Gasteiger charge is -2.14. The third-order valence-corrected chi connectivity index (χ3v) is 18.6. The van der Waals surface area contributed by atoms with E-state index in [9.17, 15) is 19.2 Å². The zero-order valence-electron chi connectivity index (χ0n) is 64.4. The summed E-state index contributed by atoms with van der Waals surface area (Å²) in [7, 11) is 0. The van der Waals surface area contributed by atoms with Gasteiger partial charge in [0.25, 0.3) is 0 Å². The fourth-order valence-corrected chi connectivity index (χ4v) is 12.5. The van der Waals surface area contributed by atoms with Gasteiger partial charge in [-0.3, -0.25) is 29.1 Å². The molecule has 0 unspecified atom stereocenters. The molecule has 0 aliphatic heterocycles. The third kappa shape index (κ3) is 43.0. The first-order valence-corrected chi connectivity index (χ1v) is 40.6. The fourth-order valence-electron chi connectivity index (χ4n) is 12.5. The molecule has 5 aromatic rings. The van der Waals surface area contributed by atoms with Gasteiger partial charge in [0.15, 0.2) is 0 Å². The Kier molecular flexibility index (Phi) is 48.0. The standard InChI is InChI=1S/C88H132N2O13/c1-6-10-14-18-22-26-30-34-38-42-50-95-79-58-76(59-80(63-79)96-51-43-39-35-31-27-23-19-15-11-7-2)70-102-87(93)65-85(91)100-68-74-55-75(57-78(56-74)99-67-73-47-49-90-84(62-73)83-54-72(5)46-48-89-83)69-101-86(92)66-88(94)103-71-77-60-81(97-52-44-40-36-32-28-24-20-16-12-8-3)64-82(61-77)98-53-45-41-37-33-29-25-21-17-13-9-4/h46-49,54-64H,6-45,50-53,65-71H2,1-5H3. The van der Waals surface area contributed by atoms with Crippen molar-refractivity contribution >= 4 is 23.9 Å². The lowest BCUT2D eigenvalue weighted by Crippen LogP contribution is -2.15. The summed E-state index contributed by atoms with van der Waals surface area (Å²) < 4.78 is 54.0. The van der Waals surface area contributed by atoms with Crippen molar-refractivity contribution in [3.63, 3.8) is 0 Å². The van der Waals surface area contributed by atoms with Gasteiger partial charge in [0, 0.05) is 24.5 Å². The summed E-state index contributed by atoms with van der Waals surface area (Å²) in [5.74, 6) is -0.0785. The van der Waals surface area contributed by atoms with Gasteiger partial charge in [0.1, 0.15) is 74.6 Å². The van der Waals surface area contributed by atoms with Crippen LogP contribution in [0.1, 0.15) is 331 Å². The predicted octanol–water partition coefficient (Wildman–Crippen LogP) is 23.6. The van der Waals surface area contributed by atoms with Crippen LogP contribution >= 0.6 is 0 Å². The highest BCUT2D eigenvalue weighted by atomic mass is 16.6. The minimum Gasteiger partial charge on any atom is -0.493 e. The van der Waals surface area contributed by atoms with Crippen LogP contribution in [0.25, 0.3) is 11.4 Å². The average Bonchev–Trinajstić information content (AvgIpc) is 0.872. The molecule has 2 aromatic heterocycles. The minimum absolute atomic E-state index is 0.0888. The van der Waals surface area contributed by atoms with Crippen molar-refractivity contribution < 1.29 is 61.8 Å². The minimum atomic E-state index is -0.789. The van der Waals surface area contributed by atoms with Gasteiger partial charge in [0.2, 0.25) is 0 Å². The van der Waals surface area contributed by atoms with E-state index in [1.165, 1.54) is 205 Å². The van der Waals surface area contributed by atoms with E-state index >= 15 is 0 Å².